The number of benzene rings is 1. The maximum atomic E-state index is 11.9. The zero-order valence-corrected chi connectivity index (χ0v) is 14.3. The molecule has 1 amide bonds. The van der Waals surface area contributed by atoms with Crippen molar-refractivity contribution in [3.63, 3.8) is 0 Å². The van der Waals surface area contributed by atoms with Crippen molar-refractivity contribution in [1.29, 1.82) is 0 Å². The Labute approximate surface area is 136 Å². The van der Waals surface area contributed by atoms with Gasteiger partial charge in [0.1, 0.15) is 6.54 Å². The molecule has 0 bridgehead atoms. The number of amides is 1. The molecule has 0 aliphatic carbocycles. The van der Waals surface area contributed by atoms with Crippen LogP contribution in [0, 0.1) is 6.92 Å². The summed E-state index contributed by atoms with van der Waals surface area (Å²) < 4.78 is 24.8. The second kappa shape index (κ2) is 7.95. The summed E-state index contributed by atoms with van der Waals surface area (Å²) in [4.78, 5) is 11.9. The first kappa shape index (κ1) is 18.2. The van der Waals surface area contributed by atoms with Crippen molar-refractivity contribution < 1.29 is 13.2 Å². The van der Waals surface area contributed by atoms with E-state index in [0.29, 0.717) is 12.2 Å². The van der Waals surface area contributed by atoms with Crippen LogP contribution >= 0.6 is 12.2 Å². The number of aryl methyl sites for hydroxylation is 1. The van der Waals surface area contributed by atoms with Gasteiger partial charge in [0.25, 0.3) is 5.91 Å². The van der Waals surface area contributed by atoms with Crippen LogP contribution in [0.15, 0.2) is 24.3 Å². The molecule has 1 rings (SSSR count). The predicted molar refractivity (Wildman–Crippen MR) is 90.9 cm³/mol. The molecule has 0 saturated heterocycles. The minimum Gasteiger partial charge on any atom is -0.362 e. The summed E-state index contributed by atoms with van der Waals surface area (Å²) in [7, 11) is -3.58. The summed E-state index contributed by atoms with van der Waals surface area (Å²) >= 11 is 4.90. The molecular weight excluding hydrogens is 324 g/mol. The minimum absolute atomic E-state index is 0.261. The molecule has 0 radical (unpaired) electrons. The van der Waals surface area contributed by atoms with Gasteiger partial charge >= 0.3 is 0 Å². The topological polar surface area (TPSA) is 90.5 Å². The minimum atomic E-state index is -3.58. The van der Waals surface area contributed by atoms with Gasteiger partial charge in [-0.2, -0.15) is 0 Å². The molecule has 22 heavy (non-hydrogen) atoms. The monoisotopic (exact) mass is 344 g/mol. The predicted octanol–water partition coefficient (Wildman–Crippen LogP) is 0.276. The van der Waals surface area contributed by atoms with Crippen LogP contribution in [0.5, 0.6) is 0 Å². The van der Waals surface area contributed by atoms with Gasteiger partial charge in [-0.1, -0.05) is 17.7 Å². The maximum absolute atomic E-state index is 11.9. The average Bonchev–Trinajstić information content (AvgIpc) is 2.43. The van der Waals surface area contributed by atoms with Gasteiger partial charge in [-0.15, -0.1) is 0 Å². The third kappa shape index (κ3) is 5.86. The molecule has 0 unspecified atom stereocenters. The van der Waals surface area contributed by atoms with E-state index in [-0.39, 0.29) is 11.7 Å². The Bertz CT molecular complexity index is 629. The molecule has 0 aliphatic rings. The molecule has 0 heterocycles. The molecule has 0 spiro atoms. The fourth-order valence-electron chi connectivity index (χ4n) is 1.61. The van der Waals surface area contributed by atoms with Gasteiger partial charge < -0.3 is 5.32 Å². The average molecular weight is 344 g/mol. The van der Waals surface area contributed by atoms with Crippen molar-refractivity contribution in [2.24, 2.45) is 0 Å². The van der Waals surface area contributed by atoms with E-state index in [1.54, 1.807) is 24.3 Å². The Morgan fingerprint density at radius 2 is 1.82 bits per heavy atom. The highest BCUT2D eigenvalue weighted by atomic mass is 32.2. The van der Waals surface area contributed by atoms with E-state index in [2.05, 4.69) is 16.2 Å². The second-order valence-corrected chi connectivity index (χ2v) is 6.95. The van der Waals surface area contributed by atoms with Gasteiger partial charge in [-0.25, -0.2) is 8.42 Å². The molecule has 0 aliphatic heterocycles. The summed E-state index contributed by atoms with van der Waals surface area (Å²) in [6, 6.07) is 6.87. The highest BCUT2D eigenvalue weighted by Crippen LogP contribution is 2.17. The highest BCUT2D eigenvalue weighted by Gasteiger charge is 2.20. The van der Waals surface area contributed by atoms with E-state index < -0.39 is 15.9 Å². The molecular formula is C13H20N4O3S2. The van der Waals surface area contributed by atoms with Crippen molar-refractivity contribution in [3.8, 4) is 0 Å². The van der Waals surface area contributed by atoms with E-state index in [4.69, 9.17) is 12.2 Å². The zero-order valence-electron chi connectivity index (χ0n) is 12.7. The number of hydrogen-bond donors (Lipinski definition) is 3. The van der Waals surface area contributed by atoms with E-state index >= 15 is 0 Å². The Morgan fingerprint density at radius 1 is 1.23 bits per heavy atom. The first-order valence-electron chi connectivity index (χ1n) is 6.61. The number of hydrogen-bond acceptors (Lipinski definition) is 4. The fourth-order valence-corrected chi connectivity index (χ4v) is 2.66. The summed E-state index contributed by atoms with van der Waals surface area (Å²) in [6.45, 7) is 4.02. The number of sulfonamides is 1. The number of carbonyl (C=O) groups excluding carboxylic acids is 1. The van der Waals surface area contributed by atoms with Crippen molar-refractivity contribution in [2.75, 3.05) is 23.7 Å². The van der Waals surface area contributed by atoms with Gasteiger partial charge in [0, 0.05) is 6.54 Å². The lowest BCUT2D eigenvalue weighted by molar-refractivity contribution is -0.120. The van der Waals surface area contributed by atoms with Crippen molar-refractivity contribution in [3.05, 3.63) is 29.8 Å². The summed E-state index contributed by atoms with van der Waals surface area (Å²) in [6.07, 6.45) is 1.05. The number of nitrogens with zero attached hydrogens (tertiary/aromatic N) is 1. The van der Waals surface area contributed by atoms with Crippen molar-refractivity contribution in [2.45, 2.75) is 13.8 Å². The first-order chi connectivity index (χ1) is 10.2. The Morgan fingerprint density at radius 3 is 2.32 bits per heavy atom. The highest BCUT2D eigenvalue weighted by molar-refractivity contribution is 7.92. The fraction of sp³-hybridized carbons (Fsp3) is 0.385. The van der Waals surface area contributed by atoms with Crippen LogP contribution in [-0.4, -0.2) is 38.8 Å². The number of thiocarbonyl (C=S) groups is 1. The number of hydrazine groups is 1. The van der Waals surface area contributed by atoms with E-state index in [0.717, 1.165) is 16.1 Å². The van der Waals surface area contributed by atoms with E-state index in [1.807, 2.05) is 13.8 Å². The molecule has 0 aromatic heterocycles. The van der Waals surface area contributed by atoms with Gasteiger partial charge in [0.2, 0.25) is 10.0 Å². The molecule has 9 heteroatoms. The normalized spacial score (nSPS) is 10.7. The molecule has 1 aromatic carbocycles. The number of rotatable bonds is 5. The summed E-state index contributed by atoms with van der Waals surface area (Å²) in [5.41, 5.74) is 6.28. The second-order valence-electron chi connectivity index (χ2n) is 4.64. The molecule has 0 saturated carbocycles. The van der Waals surface area contributed by atoms with Gasteiger partial charge in [0.15, 0.2) is 5.11 Å². The quantitative estimate of drug-likeness (QED) is 0.525. The smallest absolute Gasteiger partial charge is 0.259 e. The Kier molecular flexibility index (Phi) is 6.57. The first-order valence-corrected chi connectivity index (χ1v) is 8.86. The Hall–Kier alpha value is -1.87. The van der Waals surface area contributed by atoms with Crippen molar-refractivity contribution >= 4 is 38.9 Å². The van der Waals surface area contributed by atoms with Crippen LogP contribution in [0.4, 0.5) is 5.69 Å². The lowest BCUT2D eigenvalue weighted by Crippen LogP contribution is -2.50. The molecule has 7 nitrogen and oxygen atoms in total. The van der Waals surface area contributed by atoms with E-state index in [9.17, 15) is 13.2 Å². The molecule has 3 N–H and O–H groups in total. The summed E-state index contributed by atoms with van der Waals surface area (Å²) in [5.74, 6) is -0.522. The van der Waals surface area contributed by atoms with Gasteiger partial charge in [-0.3, -0.25) is 20.0 Å². The SMILES string of the molecule is CCNC(=S)NNC(=O)CN(c1ccc(C)cc1)S(C)(=O)=O. The molecule has 0 fully saturated rings. The largest absolute Gasteiger partial charge is 0.362 e. The molecule has 0 atom stereocenters. The standard InChI is InChI=1S/C13H20N4O3S2/c1-4-14-13(21)16-15-12(18)9-17(22(3,19)20)11-7-5-10(2)6-8-11/h5-8H,4,9H2,1-3H3,(H,15,18)(H2,14,16,21). The third-order valence-corrected chi connectivity index (χ3v) is 4.05. The van der Waals surface area contributed by atoms with Gasteiger partial charge in [0.05, 0.1) is 11.9 Å². The van der Waals surface area contributed by atoms with Crippen LogP contribution in [0.1, 0.15) is 12.5 Å². The Balaban J connectivity index is 2.77. The maximum Gasteiger partial charge on any atom is 0.259 e. The molecule has 1 aromatic rings. The lowest BCUT2D eigenvalue weighted by atomic mass is 10.2. The van der Waals surface area contributed by atoms with Crippen molar-refractivity contribution in [1.82, 2.24) is 16.2 Å². The van der Waals surface area contributed by atoms with Crippen LogP contribution in [0.25, 0.3) is 0 Å². The van der Waals surface area contributed by atoms with Crippen LogP contribution < -0.4 is 20.5 Å². The number of carbonyl (C=O) groups is 1. The number of nitrogens with one attached hydrogen (secondary N) is 3. The van der Waals surface area contributed by atoms with Crippen LogP contribution in [-0.2, 0) is 14.8 Å². The van der Waals surface area contributed by atoms with Crippen LogP contribution in [0.2, 0.25) is 0 Å². The lowest BCUT2D eigenvalue weighted by Gasteiger charge is -2.22. The molecule has 122 valence electrons. The van der Waals surface area contributed by atoms with Gasteiger partial charge in [-0.05, 0) is 38.2 Å². The summed E-state index contributed by atoms with van der Waals surface area (Å²) in [5, 5.41) is 3.06. The number of anilines is 1. The zero-order chi connectivity index (χ0) is 16.8. The van der Waals surface area contributed by atoms with Crippen LogP contribution in [0.3, 0.4) is 0 Å². The van der Waals surface area contributed by atoms with E-state index in [1.165, 1.54) is 0 Å². The third-order valence-electron chi connectivity index (χ3n) is 2.66.